The van der Waals surface area contributed by atoms with Crippen LogP contribution in [0, 0.1) is 12.0 Å². The fourth-order valence-corrected chi connectivity index (χ4v) is 3.38. The molecule has 3 aromatic rings. The second kappa shape index (κ2) is 11.0. The summed E-state index contributed by atoms with van der Waals surface area (Å²) in [5.74, 6) is 2.22. The number of rotatable bonds is 3. The number of allylic oxidation sites excluding steroid dienone is 2. The van der Waals surface area contributed by atoms with Crippen molar-refractivity contribution < 1.29 is 34.7 Å². The van der Waals surface area contributed by atoms with Crippen LogP contribution >= 0.6 is 0 Å². The summed E-state index contributed by atoms with van der Waals surface area (Å²) in [4.78, 5) is 14.8. The Labute approximate surface area is 197 Å². The third-order valence-corrected chi connectivity index (χ3v) is 4.45. The second-order valence-corrected chi connectivity index (χ2v) is 7.74. The molecule has 2 aromatic carbocycles. The molecule has 0 amide bonds. The minimum absolute atomic E-state index is 0. The summed E-state index contributed by atoms with van der Waals surface area (Å²) in [6.45, 7) is 7.30. The molecule has 4 rings (SSSR count). The molecule has 0 unspecified atom stereocenters. The summed E-state index contributed by atoms with van der Waals surface area (Å²) in [5.41, 5.74) is 5.34. The number of carbonyl (C=O) groups is 1. The Morgan fingerprint density at radius 1 is 1.13 bits per heavy atom. The fourth-order valence-electron chi connectivity index (χ4n) is 3.38. The number of hydrogen-bond acceptors (Lipinski definition) is 4. The minimum atomic E-state index is -0.125. The quantitative estimate of drug-likeness (QED) is 0.166. The Hall–Kier alpha value is -2.75. The summed E-state index contributed by atoms with van der Waals surface area (Å²) < 4.78 is 6.13. The average Bonchev–Trinajstić information content (AvgIpc) is 2.81. The Bertz CT molecular complexity index is 1090. The summed E-state index contributed by atoms with van der Waals surface area (Å²) in [6, 6.07) is 19.5. The average molecular weight is 593 g/mol. The minimum Gasteiger partial charge on any atom is -0.512 e. The number of para-hydroxylation sites is 1. The standard InChI is InChI=1S/C21H18NO.C5H8O2.Ir/c1-14(2)11-15-12-18-16-7-3-5-9-19(16)23-20-10-6-4-8-17(20)21(18)22-13-15;1-4(6)3-5(2)7;/h3-7,9-10,12-14H,11H2,1-2H3;3,6H,1-2H3;/q-1;;. The molecular weight excluding hydrogens is 567 g/mol. The second-order valence-electron chi connectivity index (χ2n) is 7.74. The van der Waals surface area contributed by atoms with Gasteiger partial charge in [0.1, 0.15) is 5.75 Å². The van der Waals surface area contributed by atoms with Crippen LogP contribution in [0.15, 0.2) is 66.6 Å². The van der Waals surface area contributed by atoms with Gasteiger partial charge in [0.25, 0.3) is 0 Å². The van der Waals surface area contributed by atoms with Crippen LogP contribution in [0.4, 0.5) is 0 Å². The molecule has 1 N–H and O–H groups in total. The smallest absolute Gasteiger partial charge is 0.155 e. The van der Waals surface area contributed by atoms with Crippen molar-refractivity contribution in [1.29, 1.82) is 0 Å². The molecule has 0 fully saturated rings. The predicted octanol–water partition coefficient (Wildman–Crippen LogP) is 6.55. The number of aromatic nitrogens is 1. The van der Waals surface area contributed by atoms with Gasteiger partial charge in [0.2, 0.25) is 0 Å². The van der Waals surface area contributed by atoms with E-state index in [1.807, 2.05) is 42.6 Å². The van der Waals surface area contributed by atoms with E-state index in [9.17, 15) is 4.79 Å². The number of fused-ring (bicyclic) bond motifs is 5. The first-order valence-electron chi connectivity index (χ1n) is 10.00. The van der Waals surface area contributed by atoms with Crippen molar-refractivity contribution >= 4 is 5.78 Å². The monoisotopic (exact) mass is 593 g/mol. The normalized spacial score (nSPS) is 11.5. The molecule has 1 aliphatic heterocycles. The fraction of sp³-hybridized carbons (Fsp3) is 0.231. The molecule has 163 valence electrons. The summed E-state index contributed by atoms with van der Waals surface area (Å²) in [7, 11) is 0. The first kappa shape index (κ1) is 24.5. The molecule has 0 bridgehead atoms. The van der Waals surface area contributed by atoms with Gasteiger partial charge in [-0.25, -0.2) is 0 Å². The molecule has 31 heavy (non-hydrogen) atoms. The van der Waals surface area contributed by atoms with Gasteiger partial charge in [-0.05, 0) is 49.1 Å². The molecule has 1 aromatic heterocycles. The van der Waals surface area contributed by atoms with E-state index in [4.69, 9.17) is 14.8 Å². The zero-order valence-corrected chi connectivity index (χ0v) is 20.5. The molecule has 0 saturated heterocycles. The van der Waals surface area contributed by atoms with Gasteiger partial charge in [-0.1, -0.05) is 43.7 Å². The summed E-state index contributed by atoms with van der Waals surface area (Å²) >= 11 is 0. The van der Waals surface area contributed by atoms with Crippen LogP contribution in [-0.2, 0) is 31.3 Å². The van der Waals surface area contributed by atoms with Crippen LogP contribution in [0.25, 0.3) is 22.4 Å². The van der Waals surface area contributed by atoms with E-state index in [2.05, 4.69) is 32.0 Å². The molecule has 5 heteroatoms. The molecular formula is C26H26IrNO3-. The van der Waals surface area contributed by atoms with Crippen molar-refractivity contribution in [3.8, 4) is 33.9 Å². The van der Waals surface area contributed by atoms with Gasteiger partial charge in [-0.3, -0.25) is 4.79 Å². The zero-order valence-electron chi connectivity index (χ0n) is 18.1. The number of nitrogens with zero attached hydrogens (tertiary/aromatic N) is 1. The van der Waals surface area contributed by atoms with Gasteiger partial charge in [0.15, 0.2) is 5.78 Å². The van der Waals surface area contributed by atoms with Crippen LogP contribution in [0.5, 0.6) is 11.5 Å². The van der Waals surface area contributed by atoms with Crippen molar-refractivity contribution in [2.24, 2.45) is 5.92 Å². The van der Waals surface area contributed by atoms with Crippen molar-refractivity contribution in [3.63, 3.8) is 0 Å². The van der Waals surface area contributed by atoms with Crippen molar-refractivity contribution in [2.75, 3.05) is 0 Å². The topological polar surface area (TPSA) is 59.4 Å². The SMILES string of the molecule is CC(=O)C=C(C)O.CC(C)Cc1cnc2c(c1)-c1ccccc1Oc1ccc[c-]c1-2.[Ir]. The molecule has 2 heterocycles. The number of aliphatic hydroxyl groups excluding tert-OH is 1. The van der Waals surface area contributed by atoms with E-state index >= 15 is 0 Å². The third-order valence-electron chi connectivity index (χ3n) is 4.45. The number of ether oxygens (including phenoxy) is 1. The van der Waals surface area contributed by atoms with Crippen molar-refractivity contribution in [1.82, 2.24) is 4.98 Å². The maximum Gasteiger partial charge on any atom is 0.155 e. The van der Waals surface area contributed by atoms with Gasteiger partial charge in [0, 0.05) is 43.7 Å². The Kier molecular flexibility index (Phi) is 8.73. The van der Waals surface area contributed by atoms with Gasteiger partial charge in [0.05, 0.1) is 5.76 Å². The van der Waals surface area contributed by atoms with E-state index < -0.39 is 0 Å². The molecule has 0 spiro atoms. The Morgan fingerprint density at radius 3 is 2.48 bits per heavy atom. The molecule has 4 nitrogen and oxygen atoms in total. The van der Waals surface area contributed by atoms with Crippen LogP contribution in [0.1, 0.15) is 33.3 Å². The number of pyridine rings is 1. The van der Waals surface area contributed by atoms with Gasteiger partial charge < -0.3 is 14.8 Å². The number of benzene rings is 2. The van der Waals surface area contributed by atoms with E-state index in [-0.39, 0.29) is 31.6 Å². The molecule has 0 aliphatic carbocycles. The number of aliphatic hydroxyl groups is 1. The molecule has 0 saturated carbocycles. The molecule has 1 radical (unpaired) electrons. The number of ketones is 1. The van der Waals surface area contributed by atoms with Crippen LogP contribution in [0.3, 0.4) is 0 Å². The van der Waals surface area contributed by atoms with Gasteiger partial charge in [-0.15, -0.1) is 24.3 Å². The Morgan fingerprint density at radius 2 is 1.84 bits per heavy atom. The maximum atomic E-state index is 10.0. The van der Waals surface area contributed by atoms with Crippen LogP contribution in [-0.4, -0.2) is 15.9 Å². The van der Waals surface area contributed by atoms with E-state index in [1.54, 1.807) is 0 Å². The van der Waals surface area contributed by atoms with E-state index in [0.717, 1.165) is 40.3 Å². The maximum absolute atomic E-state index is 10.0. The zero-order chi connectivity index (χ0) is 21.7. The molecule has 1 aliphatic rings. The first-order valence-corrected chi connectivity index (χ1v) is 10.00. The summed E-state index contributed by atoms with van der Waals surface area (Å²) in [6.07, 6.45) is 4.17. The van der Waals surface area contributed by atoms with E-state index in [0.29, 0.717) is 5.92 Å². The van der Waals surface area contributed by atoms with Crippen LogP contribution < -0.4 is 4.74 Å². The van der Waals surface area contributed by atoms with E-state index in [1.165, 1.54) is 25.5 Å². The third kappa shape index (κ3) is 6.36. The summed E-state index contributed by atoms with van der Waals surface area (Å²) in [5, 5.41) is 8.36. The largest absolute Gasteiger partial charge is 0.512 e. The van der Waals surface area contributed by atoms with Crippen LogP contribution in [0.2, 0.25) is 0 Å². The van der Waals surface area contributed by atoms with Gasteiger partial charge >= 0.3 is 0 Å². The number of hydrogen-bond donors (Lipinski definition) is 1. The van der Waals surface area contributed by atoms with Crippen molar-refractivity contribution in [2.45, 2.75) is 34.1 Å². The Balaban J connectivity index is 0.000000373. The first-order chi connectivity index (χ1) is 14.3. The van der Waals surface area contributed by atoms with Crippen molar-refractivity contribution in [3.05, 3.63) is 78.2 Å². The predicted molar refractivity (Wildman–Crippen MR) is 120 cm³/mol. The molecule has 0 atom stereocenters. The van der Waals surface area contributed by atoms with Gasteiger partial charge in [-0.2, -0.15) is 0 Å². The number of carbonyl (C=O) groups excluding carboxylic acids is 1.